The first kappa shape index (κ1) is 22.4. The van der Waals surface area contributed by atoms with Gasteiger partial charge in [-0.05, 0) is 35.4 Å². The van der Waals surface area contributed by atoms with Gasteiger partial charge in [0, 0.05) is 39.3 Å². The molecule has 2 amide bonds. The zero-order valence-electron chi connectivity index (χ0n) is 17.1. The lowest BCUT2D eigenvalue weighted by Gasteiger charge is -2.34. The van der Waals surface area contributed by atoms with Gasteiger partial charge >= 0.3 is 12.2 Å². The Labute approximate surface area is 178 Å². The number of nitrogens with zero attached hydrogens (tertiary/aromatic N) is 3. The molecule has 3 rings (SSSR count). The van der Waals surface area contributed by atoms with Gasteiger partial charge < -0.3 is 15.0 Å². The number of rotatable bonds is 5. The molecule has 0 atom stereocenters. The van der Waals surface area contributed by atoms with Crippen LogP contribution in [-0.4, -0.2) is 49.1 Å². The van der Waals surface area contributed by atoms with Crippen molar-refractivity contribution in [3.63, 3.8) is 0 Å². The van der Waals surface area contributed by atoms with E-state index in [4.69, 9.17) is 10.00 Å². The molecule has 1 saturated heterocycles. The molecular weight excluding hydrogens is 409 g/mol. The van der Waals surface area contributed by atoms with E-state index in [9.17, 15) is 18.0 Å². The lowest BCUT2D eigenvalue weighted by molar-refractivity contribution is -0.138. The van der Waals surface area contributed by atoms with Crippen molar-refractivity contribution in [3.8, 4) is 11.8 Å². The summed E-state index contributed by atoms with van der Waals surface area (Å²) in [6.07, 6.45) is -4.60. The molecule has 0 radical (unpaired) electrons. The third-order valence-electron chi connectivity index (χ3n) is 5.20. The zero-order chi connectivity index (χ0) is 22.4. The first-order chi connectivity index (χ1) is 14.8. The van der Waals surface area contributed by atoms with Crippen molar-refractivity contribution in [2.45, 2.75) is 19.3 Å². The topological polar surface area (TPSA) is 68.6 Å². The maximum absolute atomic E-state index is 13.3. The highest BCUT2D eigenvalue weighted by atomic mass is 19.4. The fourth-order valence-corrected chi connectivity index (χ4v) is 3.44. The van der Waals surface area contributed by atoms with E-state index in [1.807, 2.05) is 24.3 Å². The molecule has 0 bridgehead atoms. The summed E-state index contributed by atoms with van der Waals surface area (Å²) in [6, 6.07) is 12.4. The number of amides is 2. The number of hydrogen-bond donors (Lipinski definition) is 1. The van der Waals surface area contributed by atoms with E-state index in [2.05, 4.69) is 10.2 Å². The molecule has 9 heteroatoms. The van der Waals surface area contributed by atoms with E-state index in [1.165, 1.54) is 12.1 Å². The second-order valence-electron chi connectivity index (χ2n) is 7.25. The fourth-order valence-electron chi connectivity index (χ4n) is 3.44. The number of carbonyl (C=O) groups excluding carboxylic acids is 1. The molecule has 1 fully saturated rings. The Morgan fingerprint density at radius 2 is 1.81 bits per heavy atom. The van der Waals surface area contributed by atoms with Crippen LogP contribution in [0.15, 0.2) is 42.5 Å². The van der Waals surface area contributed by atoms with Gasteiger partial charge in [-0.1, -0.05) is 18.2 Å². The zero-order valence-corrected chi connectivity index (χ0v) is 17.1. The van der Waals surface area contributed by atoms with Crippen molar-refractivity contribution in [1.82, 2.24) is 15.1 Å². The smallest absolute Gasteiger partial charge is 0.416 e. The van der Waals surface area contributed by atoms with Crippen LogP contribution in [0.5, 0.6) is 5.75 Å². The summed E-state index contributed by atoms with van der Waals surface area (Å²) >= 11 is 0. The van der Waals surface area contributed by atoms with E-state index in [1.54, 1.807) is 18.1 Å². The number of urea groups is 1. The Kier molecular flexibility index (Phi) is 7.02. The van der Waals surface area contributed by atoms with Gasteiger partial charge in [-0.3, -0.25) is 4.90 Å². The Morgan fingerprint density at radius 3 is 2.39 bits per heavy atom. The van der Waals surface area contributed by atoms with Crippen molar-refractivity contribution in [3.05, 3.63) is 64.7 Å². The van der Waals surface area contributed by atoms with E-state index in [-0.39, 0.29) is 17.7 Å². The quantitative estimate of drug-likeness (QED) is 0.784. The van der Waals surface area contributed by atoms with Gasteiger partial charge in [0.25, 0.3) is 0 Å². The molecule has 1 aliphatic rings. The number of methoxy groups -OCH3 is 1. The Balaban J connectivity index is 1.52. The van der Waals surface area contributed by atoms with Crippen LogP contribution in [0.1, 0.15) is 22.3 Å². The number of nitrogens with one attached hydrogen (secondary N) is 1. The largest absolute Gasteiger partial charge is 0.497 e. The molecular formula is C22H23F3N4O2. The van der Waals surface area contributed by atoms with E-state index < -0.39 is 17.8 Å². The van der Waals surface area contributed by atoms with Crippen LogP contribution >= 0.6 is 0 Å². The van der Waals surface area contributed by atoms with Crippen molar-refractivity contribution >= 4 is 6.03 Å². The van der Waals surface area contributed by atoms with Crippen LogP contribution < -0.4 is 10.1 Å². The molecule has 1 aliphatic heterocycles. The number of piperazine rings is 1. The maximum Gasteiger partial charge on any atom is 0.416 e. The van der Waals surface area contributed by atoms with Gasteiger partial charge in [-0.25, -0.2) is 4.79 Å². The van der Waals surface area contributed by atoms with E-state index in [0.29, 0.717) is 26.2 Å². The van der Waals surface area contributed by atoms with E-state index in [0.717, 1.165) is 23.9 Å². The predicted octanol–water partition coefficient (Wildman–Crippen LogP) is 3.61. The highest BCUT2D eigenvalue weighted by Gasteiger charge is 2.33. The van der Waals surface area contributed by atoms with Crippen LogP contribution in [0, 0.1) is 11.3 Å². The van der Waals surface area contributed by atoms with Crippen molar-refractivity contribution in [1.29, 1.82) is 5.26 Å². The van der Waals surface area contributed by atoms with Crippen LogP contribution in [0.4, 0.5) is 18.0 Å². The highest BCUT2D eigenvalue weighted by molar-refractivity contribution is 5.74. The molecule has 6 nitrogen and oxygen atoms in total. The lowest BCUT2D eigenvalue weighted by atomic mass is 10.0. The number of benzene rings is 2. The van der Waals surface area contributed by atoms with Crippen LogP contribution in [0.2, 0.25) is 0 Å². The molecule has 0 aliphatic carbocycles. The van der Waals surface area contributed by atoms with Gasteiger partial charge in [-0.15, -0.1) is 0 Å². The minimum atomic E-state index is -4.60. The minimum absolute atomic E-state index is 0.0713. The molecule has 2 aromatic rings. The minimum Gasteiger partial charge on any atom is -0.497 e. The number of halogens is 3. The second-order valence-corrected chi connectivity index (χ2v) is 7.25. The highest BCUT2D eigenvalue weighted by Crippen LogP contribution is 2.32. The molecule has 0 aromatic heterocycles. The Bertz CT molecular complexity index is 947. The molecule has 0 saturated carbocycles. The third-order valence-corrected chi connectivity index (χ3v) is 5.20. The average molecular weight is 432 g/mol. The number of alkyl halides is 3. The summed E-state index contributed by atoms with van der Waals surface area (Å²) in [6.45, 7) is 2.81. The fraction of sp³-hybridized carbons (Fsp3) is 0.364. The maximum atomic E-state index is 13.3. The van der Waals surface area contributed by atoms with Crippen LogP contribution in [0.3, 0.4) is 0 Å². The van der Waals surface area contributed by atoms with Gasteiger partial charge in [-0.2, -0.15) is 18.4 Å². The van der Waals surface area contributed by atoms with Crippen molar-refractivity contribution in [2.75, 3.05) is 33.3 Å². The molecule has 164 valence electrons. The lowest BCUT2D eigenvalue weighted by Crippen LogP contribution is -2.51. The molecule has 2 aromatic carbocycles. The number of hydrogen-bond acceptors (Lipinski definition) is 4. The predicted molar refractivity (Wildman–Crippen MR) is 108 cm³/mol. The molecule has 0 spiro atoms. The first-order valence-electron chi connectivity index (χ1n) is 9.78. The number of carbonyl (C=O) groups is 1. The summed E-state index contributed by atoms with van der Waals surface area (Å²) in [5.41, 5.74) is 0.0868. The van der Waals surface area contributed by atoms with Crippen molar-refractivity contribution in [2.24, 2.45) is 0 Å². The van der Waals surface area contributed by atoms with Gasteiger partial charge in [0.1, 0.15) is 5.75 Å². The van der Waals surface area contributed by atoms with Crippen LogP contribution in [0.25, 0.3) is 0 Å². The standard InChI is InChI=1S/C22H23F3N4O2/c1-31-19-6-3-16(4-7-19)15-28-8-10-29(11-9-28)21(30)27-14-18-5-2-17(13-26)12-20(18)22(23,24)25/h2-7,12H,8-11,14-15H2,1H3,(H,27,30). The molecule has 0 unspecified atom stereocenters. The molecule has 1 N–H and O–H groups in total. The second kappa shape index (κ2) is 9.71. The summed E-state index contributed by atoms with van der Waals surface area (Å²) < 4.78 is 44.9. The summed E-state index contributed by atoms with van der Waals surface area (Å²) in [5.74, 6) is 0.793. The molecule has 1 heterocycles. The first-order valence-corrected chi connectivity index (χ1v) is 9.78. The van der Waals surface area contributed by atoms with Gasteiger partial charge in [0.15, 0.2) is 0 Å². The average Bonchev–Trinajstić information content (AvgIpc) is 2.77. The normalized spacial score (nSPS) is 14.7. The monoisotopic (exact) mass is 432 g/mol. The van der Waals surface area contributed by atoms with Crippen LogP contribution in [-0.2, 0) is 19.3 Å². The Morgan fingerprint density at radius 1 is 1.13 bits per heavy atom. The number of ether oxygens (including phenoxy) is 1. The summed E-state index contributed by atoms with van der Waals surface area (Å²) in [5, 5.41) is 11.4. The van der Waals surface area contributed by atoms with Gasteiger partial charge in [0.05, 0.1) is 24.3 Å². The summed E-state index contributed by atoms with van der Waals surface area (Å²) in [4.78, 5) is 16.3. The number of nitriles is 1. The van der Waals surface area contributed by atoms with E-state index >= 15 is 0 Å². The SMILES string of the molecule is COc1ccc(CN2CCN(C(=O)NCc3ccc(C#N)cc3C(F)(F)F)CC2)cc1. The van der Waals surface area contributed by atoms with Gasteiger partial charge in [0.2, 0.25) is 0 Å². The molecule has 31 heavy (non-hydrogen) atoms. The summed E-state index contributed by atoms with van der Waals surface area (Å²) in [7, 11) is 1.62. The Hall–Kier alpha value is -3.25. The third kappa shape index (κ3) is 5.89. The van der Waals surface area contributed by atoms with Crippen molar-refractivity contribution < 1.29 is 22.7 Å².